The number of hydrogen-bond donors (Lipinski definition) is 0. The first-order valence-corrected chi connectivity index (χ1v) is 7.00. The molecule has 0 unspecified atom stereocenters. The molecule has 2 rings (SSSR count). The third kappa shape index (κ3) is 2.77. The Morgan fingerprint density at radius 1 is 1.11 bits per heavy atom. The fourth-order valence-electron chi connectivity index (χ4n) is 2.66. The Morgan fingerprint density at radius 2 is 1.72 bits per heavy atom. The van der Waals surface area contributed by atoms with Gasteiger partial charge in [-0.15, -0.1) is 0 Å². The summed E-state index contributed by atoms with van der Waals surface area (Å²) in [6.45, 7) is 8.71. The van der Waals surface area contributed by atoms with Crippen molar-refractivity contribution in [2.45, 2.75) is 53.0 Å². The Morgan fingerprint density at radius 3 is 2.22 bits per heavy atom. The van der Waals surface area contributed by atoms with Gasteiger partial charge in [-0.2, -0.15) is 0 Å². The molecular formula is C15H24N2O. The zero-order chi connectivity index (χ0) is 13.1. The molecule has 0 N–H and O–H groups in total. The maximum absolute atomic E-state index is 12.3. The third-order valence-corrected chi connectivity index (χ3v) is 4.18. The Balaban J connectivity index is 2.03. The van der Waals surface area contributed by atoms with E-state index in [4.69, 9.17) is 0 Å². The standard InChI is InChI=1S/C15H24N2O/c1-12-10-17(14(3)13(12)2)11-15(18)16-8-6-4-5-7-9-16/h10H,4-9,11H2,1-3H3. The van der Waals surface area contributed by atoms with Crippen molar-refractivity contribution in [2.75, 3.05) is 13.1 Å². The minimum Gasteiger partial charge on any atom is -0.342 e. The number of carbonyl (C=O) groups is 1. The molecule has 18 heavy (non-hydrogen) atoms. The van der Waals surface area contributed by atoms with E-state index >= 15 is 0 Å². The normalized spacial score (nSPS) is 16.7. The molecule has 1 amide bonds. The first-order chi connectivity index (χ1) is 8.59. The fraction of sp³-hybridized carbons (Fsp3) is 0.667. The summed E-state index contributed by atoms with van der Waals surface area (Å²) in [5.74, 6) is 0.273. The molecule has 0 bridgehead atoms. The molecule has 1 saturated heterocycles. The number of likely N-dealkylation sites (tertiary alicyclic amines) is 1. The third-order valence-electron chi connectivity index (χ3n) is 4.18. The number of carbonyl (C=O) groups excluding carboxylic acids is 1. The lowest BCUT2D eigenvalue weighted by Gasteiger charge is -2.21. The molecular weight excluding hydrogens is 224 g/mol. The highest BCUT2D eigenvalue weighted by Crippen LogP contribution is 2.16. The van der Waals surface area contributed by atoms with E-state index in [1.165, 1.54) is 29.7 Å². The van der Waals surface area contributed by atoms with Crippen molar-refractivity contribution in [3.63, 3.8) is 0 Å². The maximum Gasteiger partial charge on any atom is 0.242 e. The van der Waals surface area contributed by atoms with Gasteiger partial charge in [0.15, 0.2) is 0 Å². The molecule has 3 heteroatoms. The van der Waals surface area contributed by atoms with Crippen LogP contribution in [0.2, 0.25) is 0 Å². The van der Waals surface area contributed by atoms with Crippen LogP contribution in [-0.4, -0.2) is 28.5 Å². The van der Waals surface area contributed by atoms with Gasteiger partial charge >= 0.3 is 0 Å². The highest BCUT2D eigenvalue weighted by atomic mass is 16.2. The zero-order valence-electron chi connectivity index (χ0n) is 11.8. The molecule has 0 atom stereocenters. The van der Waals surface area contributed by atoms with Crippen molar-refractivity contribution in [3.8, 4) is 0 Å². The van der Waals surface area contributed by atoms with Gasteiger partial charge in [0.05, 0.1) is 0 Å². The summed E-state index contributed by atoms with van der Waals surface area (Å²) >= 11 is 0. The molecule has 0 spiro atoms. The van der Waals surface area contributed by atoms with Gasteiger partial charge in [0, 0.05) is 25.0 Å². The number of amides is 1. The Hall–Kier alpha value is -1.25. The van der Waals surface area contributed by atoms with Crippen LogP contribution in [-0.2, 0) is 11.3 Å². The van der Waals surface area contributed by atoms with Crippen LogP contribution < -0.4 is 0 Å². The molecule has 0 radical (unpaired) electrons. The summed E-state index contributed by atoms with van der Waals surface area (Å²) in [6, 6.07) is 0. The van der Waals surface area contributed by atoms with E-state index in [9.17, 15) is 4.79 Å². The first kappa shape index (κ1) is 13.2. The number of aryl methyl sites for hydroxylation is 1. The minimum atomic E-state index is 0.273. The second-order valence-corrected chi connectivity index (χ2v) is 5.45. The SMILES string of the molecule is Cc1cn(CC(=O)N2CCCCCC2)c(C)c1C. The molecule has 1 aliphatic heterocycles. The van der Waals surface area contributed by atoms with Crippen molar-refractivity contribution in [3.05, 3.63) is 23.0 Å². The smallest absolute Gasteiger partial charge is 0.242 e. The van der Waals surface area contributed by atoms with E-state index in [0.717, 1.165) is 25.9 Å². The van der Waals surface area contributed by atoms with Gasteiger partial charge in [-0.3, -0.25) is 4.79 Å². The highest BCUT2D eigenvalue weighted by molar-refractivity contribution is 5.76. The molecule has 1 aliphatic rings. The lowest BCUT2D eigenvalue weighted by molar-refractivity contribution is -0.131. The van der Waals surface area contributed by atoms with Gasteiger partial charge in [-0.05, 0) is 44.7 Å². The monoisotopic (exact) mass is 248 g/mol. The summed E-state index contributed by atoms with van der Waals surface area (Å²) < 4.78 is 2.10. The van der Waals surface area contributed by atoms with Crippen LogP contribution in [0.3, 0.4) is 0 Å². The van der Waals surface area contributed by atoms with Crippen molar-refractivity contribution < 1.29 is 4.79 Å². The quantitative estimate of drug-likeness (QED) is 0.790. The molecule has 0 aromatic carbocycles. The predicted octanol–water partition coefficient (Wildman–Crippen LogP) is 2.82. The Bertz CT molecular complexity index is 426. The summed E-state index contributed by atoms with van der Waals surface area (Å²) in [6.07, 6.45) is 6.96. The van der Waals surface area contributed by atoms with E-state index in [0.29, 0.717) is 6.54 Å². The Labute approximate surface area is 110 Å². The lowest BCUT2D eigenvalue weighted by Crippen LogP contribution is -2.34. The minimum absolute atomic E-state index is 0.273. The maximum atomic E-state index is 12.3. The van der Waals surface area contributed by atoms with Crippen LogP contribution in [0.1, 0.15) is 42.5 Å². The number of hydrogen-bond acceptors (Lipinski definition) is 1. The fourth-order valence-corrected chi connectivity index (χ4v) is 2.66. The largest absolute Gasteiger partial charge is 0.342 e. The van der Waals surface area contributed by atoms with E-state index in [1.807, 2.05) is 4.90 Å². The second kappa shape index (κ2) is 5.59. The van der Waals surface area contributed by atoms with Crippen LogP contribution in [0.25, 0.3) is 0 Å². The molecule has 0 aliphatic carbocycles. The molecule has 1 aromatic heterocycles. The number of rotatable bonds is 2. The van der Waals surface area contributed by atoms with Crippen molar-refractivity contribution in [2.24, 2.45) is 0 Å². The van der Waals surface area contributed by atoms with Crippen LogP contribution in [0.15, 0.2) is 6.20 Å². The molecule has 2 heterocycles. The highest BCUT2D eigenvalue weighted by Gasteiger charge is 2.17. The van der Waals surface area contributed by atoms with E-state index in [2.05, 4.69) is 31.5 Å². The van der Waals surface area contributed by atoms with Gasteiger partial charge in [0.25, 0.3) is 0 Å². The average molecular weight is 248 g/mol. The van der Waals surface area contributed by atoms with E-state index in [-0.39, 0.29) is 5.91 Å². The van der Waals surface area contributed by atoms with Gasteiger partial charge in [-0.1, -0.05) is 12.8 Å². The van der Waals surface area contributed by atoms with Crippen molar-refractivity contribution in [1.29, 1.82) is 0 Å². The van der Waals surface area contributed by atoms with Gasteiger partial charge in [0.2, 0.25) is 5.91 Å². The molecule has 100 valence electrons. The molecule has 1 aromatic rings. The lowest BCUT2D eigenvalue weighted by atomic mass is 10.2. The van der Waals surface area contributed by atoms with Crippen LogP contribution in [0, 0.1) is 20.8 Å². The van der Waals surface area contributed by atoms with Crippen molar-refractivity contribution >= 4 is 5.91 Å². The van der Waals surface area contributed by atoms with Gasteiger partial charge in [0.1, 0.15) is 6.54 Å². The summed E-state index contributed by atoms with van der Waals surface area (Å²) in [5, 5.41) is 0. The van der Waals surface area contributed by atoms with Crippen LogP contribution in [0.4, 0.5) is 0 Å². The van der Waals surface area contributed by atoms with Crippen LogP contribution in [0.5, 0.6) is 0 Å². The topological polar surface area (TPSA) is 25.2 Å². The zero-order valence-corrected chi connectivity index (χ0v) is 11.8. The number of aromatic nitrogens is 1. The first-order valence-electron chi connectivity index (χ1n) is 7.00. The molecule has 1 fully saturated rings. The predicted molar refractivity (Wildman–Crippen MR) is 73.7 cm³/mol. The van der Waals surface area contributed by atoms with Gasteiger partial charge < -0.3 is 9.47 Å². The van der Waals surface area contributed by atoms with Crippen LogP contribution >= 0.6 is 0 Å². The average Bonchev–Trinajstić information content (AvgIpc) is 2.59. The molecule has 0 saturated carbocycles. The summed E-state index contributed by atoms with van der Waals surface area (Å²) in [4.78, 5) is 14.3. The van der Waals surface area contributed by atoms with Crippen molar-refractivity contribution in [1.82, 2.24) is 9.47 Å². The molecule has 3 nitrogen and oxygen atoms in total. The Kier molecular flexibility index (Phi) is 4.10. The summed E-state index contributed by atoms with van der Waals surface area (Å²) in [7, 11) is 0. The van der Waals surface area contributed by atoms with Gasteiger partial charge in [-0.25, -0.2) is 0 Å². The van der Waals surface area contributed by atoms with E-state index in [1.54, 1.807) is 0 Å². The van der Waals surface area contributed by atoms with E-state index < -0.39 is 0 Å². The summed E-state index contributed by atoms with van der Waals surface area (Å²) in [5.41, 5.74) is 3.80. The second-order valence-electron chi connectivity index (χ2n) is 5.45. The number of nitrogens with zero attached hydrogens (tertiary/aromatic N) is 2.